The summed E-state index contributed by atoms with van der Waals surface area (Å²) in [6, 6.07) is 19.0. The summed E-state index contributed by atoms with van der Waals surface area (Å²) in [6.07, 6.45) is 1.62. The molecule has 0 radical (unpaired) electrons. The minimum absolute atomic E-state index is 0.234. The van der Waals surface area contributed by atoms with Crippen LogP contribution in [-0.4, -0.2) is 10.9 Å². The van der Waals surface area contributed by atoms with Crippen LogP contribution >= 0.6 is 15.9 Å². The molecule has 0 aliphatic carbocycles. The maximum Gasteiger partial charge on any atom is 0.274 e. The third kappa shape index (κ3) is 4.00. The molecular formula is C19H16BrN3O. The lowest BCUT2D eigenvalue weighted by Gasteiger charge is -2.10. The molecule has 2 N–H and O–H groups in total. The fraction of sp³-hybridized carbons (Fsp3) is 0.0526. The van der Waals surface area contributed by atoms with Gasteiger partial charge in [0.2, 0.25) is 0 Å². The number of nitrogens with zero attached hydrogens (tertiary/aromatic N) is 1. The van der Waals surface area contributed by atoms with Crippen LogP contribution in [0.5, 0.6) is 0 Å². The van der Waals surface area contributed by atoms with Crippen LogP contribution < -0.4 is 10.6 Å². The monoisotopic (exact) mass is 381 g/mol. The molecule has 0 saturated heterocycles. The van der Waals surface area contributed by atoms with Crippen LogP contribution in [-0.2, 0) is 0 Å². The van der Waals surface area contributed by atoms with Gasteiger partial charge in [-0.3, -0.25) is 9.78 Å². The molecule has 4 nitrogen and oxygen atoms in total. The summed E-state index contributed by atoms with van der Waals surface area (Å²) in [6.45, 7) is 1.95. The van der Waals surface area contributed by atoms with E-state index < -0.39 is 0 Å². The molecular weight excluding hydrogens is 366 g/mol. The molecule has 0 saturated carbocycles. The predicted octanol–water partition coefficient (Wildman–Crippen LogP) is 5.15. The minimum atomic E-state index is -0.234. The van der Waals surface area contributed by atoms with Gasteiger partial charge in [-0.25, -0.2) is 0 Å². The maximum absolute atomic E-state index is 12.4. The fourth-order valence-corrected chi connectivity index (χ4v) is 2.66. The molecule has 1 aromatic heterocycles. The predicted molar refractivity (Wildman–Crippen MR) is 101 cm³/mol. The molecule has 2 aromatic carbocycles. The molecule has 1 heterocycles. The Labute approximate surface area is 149 Å². The standard InChI is InChI=1S/C19H16BrN3O/c1-13-5-2-3-8-17(13)23-19(24)18-12-16(9-10-21-18)22-15-7-4-6-14(20)11-15/h2-12H,1H3,(H,21,22)(H,23,24). The van der Waals surface area contributed by atoms with Crippen molar-refractivity contribution in [3.05, 3.63) is 82.6 Å². The number of carbonyl (C=O) groups is 1. The smallest absolute Gasteiger partial charge is 0.274 e. The van der Waals surface area contributed by atoms with Crippen molar-refractivity contribution in [1.82, 2.24) is 4.98 Å². The molecule has 0 bridgehead atoms. The van der Waals surface area contributed by atoms with Crippen LogP contribution in [0.4, 0.5) is 17.1 Å². The average Bonchev–Trinajstić information content (AvgIpc) is 2.57. The van der Waals surface area contributed by atoms with Gasteiger partial charge >= 0.3 is 0 Å². The van der Waals surface area contributed by atoms with Gasteiger partial charge in [-0.2, -0.15) is 0 Å². The summed E-state index contributed by atoms with van der Waals surface area (Å²) >= 11 is 3.44. The molecule has 3 aromatic rings. The largest absolute Gasteiger partial charge is 0.355 e. The fourth-order valence-electron chi connectivity index (χ4n) is 2.26. The number of carbonyl (C=O) groups excluding carboxylic acids is 1. The summed E-state index contributed by atoms with van der Waals surface area (Å²) in [7, 11) is 0. The van der Waals surface area contributed by atoms with Crippen molar-refractivity contribution in [2.75, 3.05) is 10.6 Å². The summed E-state index contributed by atoms with van der Waals surface area (Å²) < 4.78 is 0.985. The zero-order valence-electron chi connectivity index (χ0n) is 13.1. The lowest BCUT2D eigenvalue weighted by molar-refractivity contribution is 0.102. The van der Waals surface area contributed by atoms with Crippen molar-refractivity contribution in [1.29, 1.82) is 0 Å². The van der Waals surface area contributed by atoms with Crippen molar-refractivity contribution < 1.29 is 4.79 Å². The first-order valence-electron chi connectivity index (χ1n) is 7.47. The first kappa shape index (κ1) is 16.2. The van der Waals surface area contributed by atoms with Gasteiger partial charge in [0.15, 0.2) is 0 Å². The van der Waals surface area contributed by atoms with Gasteiger partial charge < -0.3 is 10.6 Å². The molecule has 0 spiro atoms. The van der Waals surface area contributed by atoms with Crippen molar-refractivity contribution in [2.45, 2.75) is 6.92 Å². The number of halogens is 1. The SMILES string of the molecule is Cc1ccccc1NC(=O)c1cc(Nc2cccc(Br)c2)ccn1. The number of hydrogen-bond acceptors (Lipinski definition) is 3. The van der Waals surface area contributed by atoms with E-state index >= 15 is 0 Å². The molecule has 24 heavy (non-hydrogen) atoms. The Hall–Kier alpha value is -2.66. The summed E-state index contributed by atoms with van der Waals surface area (Å²) in [4.78, 5) is 16.6. The third-order valence-electron chi connectivity index (χ3n) is 3.50. The van der Waals surface area contributed by atoms with Crippen LogP contribution in [0.3, 0.4) is 0 Å². The minimum Gasteiger partial charge on any atom is -0.355 e. The molecule has 0 unspecified atom stereocenters. The second-order valence-electron chi connectivity index (χ2n) is 5.33. The lowest BCUT2D eigenvalue weighted by atomic mass is 10.2. The van der Waals surface area contributed by atoms with Gasteiger partial charge in [0.1, 0.15) is 5.69 Å². The number of aryl methyl sites for hydroxylation is 1. The van der Waals surface area contributed by atoms with Gasteiger partial charge in [0, 0.05) is 27.7 Å². The topological polar surface area (TPSA) is 54.0 Å². The number of hydrogen-bond donors (Lipinski definition) is 2. The molecule has 3 rings (SSSR count). The number of aromatic nitrogens is 1. The highest BCUT2D eigenvalue weighted by Crippen LogP contribution is 2.21. The molecule has 1 amide bonds. The number of benzene rings is 2. The van der Waals surface area contributed by atoms with E-state index in [-0.39, 0.29) is 5.91 Å². The van der Waals surface area contributed by atoms with Gasteiger partial charge in [0.05, 0.1) is 0 Å². The average molecular weight is 382 g/mol. The van der Waals surface area contributed by atoms with E-state index in [9.17, 15) is 4.79 Å². The van der Waals surface area contributed by atoms with E-state index in [4.69, 9.17) is 0 Å². The third-order valence-corrected chi connectivity index (χ3v) is 3.99. The summed E-state index contributed by atoms with van der Waals surface area (Å²) in [5.41, 5.74) is 3.89. The summed E-state index contributed by atoms with van der Waals surface area (Å²) in [5.74, 6) is -0.234. The van der Waals surface area contributed by atoms with E-state index in [0.29, 0.717) is 5.69 Å². The number of anilines is 3. The second kappa shape index (κ2) is 7.27. The normalized spacial score (nSPS) is 10.2. The number of amides is 1. The van der Waals surface area contributed by atoms with Crippen LogP contribution in [0.2, 0.25) is 0 Å². The molecule has 5 heteroatoms. The lowest BCUT2D eigenvalue weighted by Crippen LogP contribution is -2.14. The number of nitrogens with one attached hydrogen (secondary N) is 2. The zero-order chi connectivity index (χ0) is 16.9. The Morgan fingerprint density at radius 3 is 2.58 bits per heavy atom. The first-order chi connectivity index (χ1) is 11.6. The van der Waals surface area contributed by atoms with Crippen molar-refractivity contribution in [2.24, 2.45) is 0 Å². The number of pyridine rings is 1. The maximum atomic E-state index is 12.4. The highest BCUT2D eigenvalue weighted by atomic mass is 79.9. The van der Waals surface area contributed by atoms with E-state index in [1.165, 1.54) is 0 Å². The van der Waals surface area contributed by atoms with Crippen LogP contribution in [0, 0.1) is 6.92 Å². The molecule has 120 valence electrons. The van der Waals surface area contributed by atoms with Crippen LogP contribution in [0.25, 0.3) is 0 Å². The Bertz CT molecular complexity index is 880. The van der Waals surface area contributed by atoms with E-state index in [1.54, 1.807) is 12.3 Å². The van der Waals surface area contributed by atoms with Gasteiger partial charge in [-0.05, 0) is 48.9 Å². The van der Waals surface area contributed by atoms with Crippen molar-refractivity contribution in [3.63, 3.8) is 0 Å². The highest BCUT2D eigenvalue weighted by Gasteiger charge is 2.09. The van der Waals surface area contributed by atoms with Gasteiger partial charge in [0.25, 0.3) is 5.91 Å². The Morgan fingerprint density at radius 2 is 1.79 bits per heavy atom. The Morgan fingerprint density at radius 1 is 1.00 bits per heavy atom. The molecule has 0 aliphatic heterocycles. The van der Waals surface area contributed by atoms with E-state index in [1.807, 2.05) is 61.5 Å². The number of rotatable bonds is 4. The molecule has 0 fully saturated rings. The quantitative estimate of drug-likeness (QED) is 0.656. The molecule has 0 aliphatic rings. The summed E-state index contributed by atoms with van der Waals surface area (Å²) in [5, 5.41) is 6.16. The Balaban J connectivity index is 1.77. The molecule has 0 atom stereocenters. The van der Waals surface area contributed by atoms with Gasteiger partial charge in [-0.15, -0.1) is 0 Å². The highest BCUT2D eigenvalue weighted by molar-refractivity contribution is 9.10. The second-order valence-corrected chi connectivity index (χ2v) is 6.25. The van der Waals surface area contributed by atoms with Crippen molar-refractivity contribution in [3.8, 4) is 0 Å². The van der Waals surface area contributed by atoms with Crippen LogP contribution in [0.15, 0.2) is 71.3 Å². The van der Waals surface area contributed by atoms with Crippen molar-refractivity contribution >= 4 is 38.9 Å². The van der Waals surface area contributed by atoms with E-state index in [0.717, 1.165) is 27.1 Å². The zero-order valence-corrected chi connectivity index (χ0v) is 14.7. The van der Waals surface area contributed by atoms with E-state index in [2.05, 4.69) is 31.5 Å². The number of para-hydroxylation sites is 1. The van der Waals surface area contributed by atoms with Gasteiger partial charge in [-0.1, -0.05) is 40.2 Å². The van der Waals surface area contributed by atoms with Crippen LogP contribution in [0.1, 0.15) is 16.1 Å². The first-order valence-corrected chi connectivity index (χ1v) is 8.27. The Kier molecular flexibility index (Phi) is 4.91.